The fourth-order valence-corrected chi connectivity index (χ4v) is 1.53. The van der Waals surface area contributed by atoms with E-state index in [1.165, 1.54) is 12.1 Å². The van der Waals surface area contributed by atoms with Crippen LogP contribution in [-0.2, 0) is 6.18 Å². The molecule has 0 aliphatic carbocycles. The van der Waals surface area contributed by atoms with Gasteiger partial charge in [0, 0.05) is 0 Å². The molecular weight excluding hydrogens is 241 g/mol. The Morgan fingerprint density at radius 1 is 0.889 bits per heavy atom. The first-order valence-electron chi connectivity index (χ1n) is 5.37. The lowest BCUT2D eigenvalue weighted by Gasteiger charge is -2.09. The molecule has 0 amide bonds. The van der Waals surface area contributed by atoms with Crippen molar-refractivity contribution in [1.29, 1.82) is 0 Å². The molecule has 0 bridgehead atoms. The normalized spacial score (nSPS) is 11.3. The maximum atomic E-state index is 12.4. The Balaban J connectivity index is 2.16. The summed E-state index contributed by atoms with van der Waals surface area (Å²) in [6.07, 6.45) is -4.32. The molecule has 0 spiro atoms. The van der Waals surface area contributed by atoms with Crippen LogP contribution in [0.3, 0.4) is 0 Å². The van der Waals surface area contributed by atoms with Gasteiger partial charge in [-0.3, -0.25) is 0 Å². The van der Waals surface area contributed by atoms with Crippen LogP contribution in [0.15, 0.2) is 48.5 Å². The van der Waals surface area contributed by atoms with Crippen molar-refractivity contribution in [2.45, 2.75) is 13.1 Å². The molecule has 0 saturated heterocycles. The third kappa shape index (κ3) is 3.03. The topological polar surface area (TPSA) is 9.23 Å². The molecular formula is C14H11F3O. The smallest absolute Gasteiger partial charge is 0.416 e. The fourth-order valence-electron chi connectivity index (χ4n) is 1.53. The minimum atomic E-state index is -4.32. The third-order valence-corrected chi connectivity index (χ3v) is 2.41. The van der Waals surface area contributed by atoms with Gasteiger partial charge in [-0.1, -0.05) is 12.1 Å². The summed E-state index contributed by atoms with van der Waals surface area (Å²) in [5, 5.41) is 0. The molecule has 2 aromatic rings. The van der Waals surface area contributed by atoms with E-state index in [0.717, 1.165) is 17.7 Å². The van der Waals surface area contributed by atoms with Crippen molar-refractivity contribution in [3.05, 3.63) is 59.7 Å². The first-order chi connectivity index (χ1) is 8.45. The quantitative estimate of drug-likeness (QED) is 0.745. The number of benzene rings is 2. The molecule has 0 unspecified atom stereocenters. The van der Waals surface area contributed by atoms with Crippen molar-refractivity contribution in [3.63, 3.8) is 0 Å². The summed E-state index contributed by atoms with van der Waals surface area (Å²) in [4.78, 5) is 0. The standard InChI is InChI=1S/C14H11F3O/c1-10-3-2-4-13(9-10)18-12-7-5-11(6-8-12)14(15,16)17/h2-9H,1H3. The monoisotopic (exact) mass is 252 g/mol. The number of alkyl halides is 3. The molecule has 0 aromatic heterocycles. The zero-order valence-electron chi connectivity index (χ0n) is 9.66. The predicted molar refractivity (Wildman–Crippen MR) is 62.7 cm³/mol. The molecule has 0 atom stereocenters. The lowest BCUT2D eigenvalue weighted by atomic mass is 10.2. The number of aryl methyl sites for hydroxylation is 1. The number of halogens is 3. The second-order valence-electron chi connectivity index (χ2n) is 3.94. The molecule has 0 N–H and O–H groups in total. The number of hydrogen-bond acceptors (Lipinski definition) is 1. The third-order valence-electron chi connectivity index (χ3n) is 2.41. The summed E-state index contributed by atoms with van der Waals surface area (Å²) < 4.78 is 42.5. The molecule has 0 aliphatic rings. The van der Waals surface area contributed by atoms with Gasteiger partial charge in [0.25, 0.3) is 0 Å². The van der Waals surface area contributed by atoms with Crippen molar-refractivity contribution >= 4 is 0 Å². The summed E-state index contributed by atoms with van der Waals surface area (Å²) in [5.74, 6) is 0.989. The van der Waals surface area contributed by atoms with Gasteiger partial charge in [-0.2, -0.15) is 13.2 Å². The van der Waals surface area contributed by atoms with Gasteiger partial charge in [0.1, 0.15) is 11.5 Å². The Hall–Kier alpha value is -1.97. The van der Waals surface area contributed by atoms with E-state index >= 15 is 0 Å². The van der Waals surface area contributed by atoms with Crippen LogP contribution in [0.1, 0.15) is 11.1 Å². The van der Waals surface area contributed by atoms with Crippen LogP contribution >= 0.6 is 0 Å². The Morgan fingerprint density at radius 3 is 2.11 bits per heavy atom. The number of ether oxygens (including phenoxy) is 1. The molecule has 0 saturated carbocycles. The minimum absolute atomic E-state index is 0.383. The van der Waals surface area contributed by atoms with E-state index in [4.69, 9.17) is 4.74 Å². The van der Waals surface area contributed by atoms with Crippen molar-refractivity contribution < 1.29 is 17.9 Å². The van der Waals surface area contributed by atoms with Crippen LogP contribution in [0, 0.1) is 6.92 Å². The highest BCUT2D eigenvalue weighted by Gasteiger charge is 2.29. The van der Waals surface area contributed by atoms with Crippen LogP contribution in [0.5, 0.6) is 11.5 Å². The summed E-state index contributed by atoms with van der Waals surface area (Å²) >= 11 is 0. The second-order valence-corrected chi connectivity index (χ2v) is 3.94. The van der Waals surface area contributed by atoms with Crippen LogP contribution in [0.2, 0.25) is 0 Å². The van der Waals surface area contributed by atoms with E-state index in [1.807, 2.05) is 25.1 Å². The maximum absolute atomic E-state index is 12.4. The van der Waals surface area contributed by atoms with Crippen LogP contribution in [0.4, 0.5) is 13.2 Å². The lowest BCUT2D eigenvalue weighted by Crippen LogP contribution is -2.03. The fraction of sp³-hybridized carbons (Fsp3) is 0.143. The largest absolute Gasteiger partial charge is 0.457 e. The first-order valence-corrected chi connectivity index (χ1v) is 5.37. The Labute approximate surface area is 103 Å². The first kappa shape index (κ1) is 12.5. The van der Waals surface area contributed by atoms with Crippen molar-refractivity contribution in [1.82, 2.24) is 0 Å². The van der Waals surface area contributed by atoms with E-state index in [-0.39, 0.29) is 0 Å². The van der Waals surface area contributed by atoms with Gasteiger partial charge in [0.15, 0.2) is 0 Å². The van der Waals surface area contributed by atoms with E-state index in [2.05, 4.69) is 0 Å². The Kier molecular flexibility index (Phi) is 3.28. The molecule has 94 valence electrons. The van der Waals surface area contributed by atoms with Gasteiger partial charge in [-0.05, 0) is 48.9 Å². The molecule has 1 nitrogen and oxygen atoms in total. The minimum Gasteiger partial charge on any atom is -0.457 e. The van der Waals surface area contributed by atoms with Crippen LogP contribution in [0.25, 0.3) is 0 Å². The SMILES string of the molecule is Cc1cccc(Oc2ccc(C(F)(F)F)cc2)c1. The summed E-state index contributed by atoms with van der Waals surface area (Å²) in [7, 11) is 0. The Bertz CT molecular complexity index is 529. The molecule has 0 radical (unpaired) electrons. The molecule has 0 fully saturated rings. The van der Waals surface area contributed by atoms with E-state index < -0.39 is 11.7 Å². The highest BCUT2D eigenvalue weighted by atomic mass is 19.4. The van der Waals surface area contributed by atoms with E-state index in [9.17, 15) is 13.2 Å². The Morgan fingerprint density at radius 2 is 1.56 bits per heavy atom. The van der Waals surface area contributed by atoms with Gasteiger partial charge >= 0.3 is 6.18 Å². The summed E-state index contributed by atoms with van der Waals surface area (Å²) in [5.41, 5.74) is 0.346. The number of rotatable bonds is 2. The summed E-state index contributed by atoms with van der Waals surface area (Å²) in [6, 6.07) is 11.9. The van der Waals surface area contributed by atoms with Gasteiger partial charge < -0.3 is 4.74 Å². The zero-order chi connectivity index (χ0) is 13.2. The van der Waals surface area contributed by atoms with Gasteiger partial charge in [-0.15, -0.1) is 0 Å². The van der Waals surface area contributed by atoms with Crippen LogP contribution < -0.4 is 4.74 Å². The average Bonchev–Trinajstić information content (AvgIpc) is 2.28. The molecule has 2 aromatic carbocycles. The summed E-state index contributed by atoms with van der Waals surface area (Å²) in [6.45, 7) is 1.92. The lowest BCUT2D eigenvalue weighted by molar-refractivity contribution is -0.137. The zero-order valence-corrected chi connectivity index (χ0v) is 9.66. The van der Waals surface area contributed by atoms with Crippen LogP contribution in [-0.4, -0.2) is 0 Å². The number of hydrogen-bond donors (Lipinski definition) is 0. The average molecular weight is 252 g/mol. The van der Waals surface area contributed by atoms with Crippen molar-refractivity contribution in [3.8, 4) is 11.5 Å². The van der Waals surface area contributed by atoms with Gasteiger partial charge in [0.05, 0.1) is 5.56 Å². The predicted octanol–water partition coefficient (Wildman–Crippen LogP) is 4.81. The second kappa shape index (κ2) is 4.72. The molecule has 0 heterocycles. The molecule has 4 heteroatoms. The maximum Gasteiger partial charge on any atom is 0.416 e. The van der Waals surface area contributed by atoms with Crippen molar-refractivity contribution in [2.24, 2.45) is 0 Å². The highest BCUT2D eigenvalue weighted by molar-refractivity contribution is 5.35. The van der Waals surface area contributed by atoms with E-state index in [1.54, 1.807) is 6.07 Å². The molecule has 2 rings (SSSR count). The molecule has 18 heavy (non-hydrogen) atoms. The molecule has 0 aliphatic heterocycles. The van der Waals surface area contributed by atoms with E-state index in [0.29, 0.717) is 11.5 Å². The van der Waals surface area contributed by atoms with Crippen molar-refractivity contribution in [2.75, 3.05) is 0 Å². The highest BCUT2D eigenvalue weighted by Crippen LogP contribution is 2.31. The van der Waals surface area contributed by atoms with Gasteiger partial charge in [0.2, 0.25) is 0 Å². The van der Waals surface area contributed by atoms with Gasteiger partial charge in [-0.25, -0.2) is 0 Å².